The molecule has 1 rings (SSSR count). The van der Waals surface area contributed by atoms with E-state index in [0.29, 0.717) is 0 Å². The number of aromatic nitrogens is 1. The van der Waals surface area contributed by atoms with Crippen LogP contribution in [-0.4, -0.2) is 24.8 Å². The van der Waals surface area contributed by atoms with Gasteiger partial charge in [0.25, 0.3) is 0 Å². The van der Waals surface area contributed by atoms with Gasteiger partial charge in [-0.3, -0.25) is 0 Å². The Bertz CT molecular complexity index is 245. The Kier molecular flexibility index (Phi) is 5.33. The first-order chi connectivity index (χ1) is 6.88. The van der Waals surface area contributed by atoms with Crippen LogP contribution in [0.2, 0.25) is 0 Å². The Balaban J connectivity index is 2.17. The fourth-order valence-electron chi connectivity index (χ4n) is 1.48. The van der Waals surface area contributed by atoms with Gasteiger partial charge in [-0.05, 0) is 32.0 Å². The van der Waals surface area contributed by atoms with Crippen LogP contribution >= 0.6 is 0 Å². The largest absolute Gasteiger partial charge is 0.385 e. The molecule has 0 saturated carbocycles. The Morgan fingerprint density at radius 1 is 1.50 bits per heavy atom. The highest BCUT2D eigenvalue weighted by molar-refractivity contribution is 5.06. The van der Waals surface area contributed by atoms with E-state index in [1.165, 1.54) is 5.69 Å². The van der Waals surface area contributed by atoms with Crippen molar-refractivity contribution in [3.05, 3.63) is 24.0 Å². The number of methoxy groups -OCH3 is 1. The highest BCUT2D eigenvalue weighted by Gasteiger charge is 1.97. The van der Waals surface area contributed by atoms with Crippen LogP contribution in [0.3, 0.4) is 0 Å². The van der Waals surface area contributed by atoms with Gasteiger partial charge in [0.1, 0.15) is 0 Å². The Labute approximate surface area is 86.1 Å². The second kappa shape index (κ2) is 6.62. The molecule has 3 heteroatoms. The molecule has 14 heavy (non-hydrogen) atoms. The van der Waals surface area contributed by atoms with Gasteiger partial charge in [0.2, 0.25) is 0 Å². The Hall–Kier alpha value is -0.800. The molecule has 1 aromatic heterocycles. The quantitative estimate of drug-likeness (QED) is 0.671. The predicted molar refractivity (Wildman–Crippen MR) is 58.3 cm³/mol. The number of ether oxygens (including phenoxy) is 1. The van der Waals surface area contributed by atoms with E-state index in [0.717, 1.165) is 32.7 Å². The summed E-state index contributed by atoms with van der Waals surface area (Å²) in [5.41, 5.74) is 1.35. The summed E-state index contributed by atoms with van der Waals surface area (Å²) in [5, 5.41) is 3.40. The van der Waals surface area contributed by atoms with Gasteiger partial charge in [0.05, 0.1) is 0 Å². The van der Waals surface area contributed by atoms with Crippen LogP contribution in [0.25, 0.3) is 0 Å². The van der Waals surface area contributed by atoms with Gasteiger partial charge in [-0.1, -0.05) is 0 Å². The summed E-state index contributed by atoms with van der Waals surface area (Å²) < 4.78 is 7.23. The van der Waals surface area contributed by atoms with Crippen molar-refractivity contribution < 1.29 is 4.74 Å². The smallest absolute Gasteiger partial charge is 0.0474 e. The molecular weight excluding hydrogens is 176 g/mol. The number of hydrogen-bond donors (Lipinski definition) is 1. The third-order valence-electron chi connectivity index (χ3n) is 2.27. The topological polar surface area (TPSA) is 26.2 Å². The van der Waals surface area contributed by atoms with Crippen LogP contribution in [0.15, 0.2) is 18.3 Å². The van der Waals surface area contributed by atoms with Gasteiger partial charge in [0, 0.05) is 38.7 Å². The first kappa shape index (κ1) is 11.3. The third kappa shape index (κ3) is 3.52. The second-order valence-corrected chi connectivity index (χ2v) is 3.31. The number of aryl methyl sites for hydroxylation is 1. The van der Waals surface area contributed by atoms with Crippen molar-refractivity contribution in [1.82, 2.24) is 9.88 Å². The maximum absolute atomic E-state index is 4.98. The molecule has 0 amide bonds. The standard InChI is InChI=1S/C11H20N2O/c1-3-13-8-4-6-11(13)10-12-7-5-9-14-2/h4,6,8,12H,3,5,7,9-10H2,1-2H3. The number of hydrogen-bond acceptors (Lipinski definition) is 2. The molecule has 0 atom stereocenters. The van der Waals surface area contributed by atoms with Crippen molar-refractivity contribution in [2.45, 2.75) is 26.4 Å². The molecule has 0 unspecified atom stereocenters. The minimum Gasteiger partial charge on any atom is -0.385 e. The molecule has 0 aliphatic heterocycles. The van der Waals surface area contributed by atoms with E-state index in [1.54, 1.807) is 7.11 Å². The van der Waals surface area contributed by atoms with Crippen LogP contribution in [0.5, 0.6) is 0 Å². The minimum atomic E-state index is 0.835. The molecule has 1 heterocycles. The van der Waals surface area contributed by atoms with E-state index in [9.17, 15) is 0 Å². The normalized spacial score (nSPS) is 10.7. The summed E-state index contributed by atoms with van der Waals surface area (Å²) in [6.07, 6.45) is 3.19. The maximum Gasteiger partial charge on any atom is 0.0474 e. The van der Waals surface area contributed by atoms with Gasteiger partial charge in [0.15, 0.2) is 0 Å². The lowest BCUT2D eigenvalue weighted by Crippen LogP contribution is -2.18. The summed E-state index contributed by atoms with van der Waals surface area (Å²) >= 11 is 0. The lowest BCUT2D eigenvalue weighted by Gasteiger charge is -2.07. The second-order valence-electron chi connectivity index (χ2n) is 3.31. The molecular formula is C11H20N2O. The molecule has 0 spiro atoms. The van der Waals surface area contributed by atoms with E-state index in [-0.39, 0.29) is 0 Å². The Morgan fingerprint density at radius 3 is 3.07 bits per heavy atom. The lowest BCUT2D eigenvalue weighted by molar-refractivity contribution is 0.194. The zero-order chi connectivity index (χ0) is 10.2. The van der Waals surface area contributed by atoms with Crippen molar-refractivity contribution in [2.24, 2.45) is 0 Å². The van der Waals surface area contributed by atoms with Crippen LogP contribution in [-0.2, 0) is 17.8 Å². The van der Waals surface area contributed by atoms with Crippen LogP contribution in [0, 0.1) is 0 Å². The van der Waals surface area contributed by atoms with Crippen LogP contribution < -0.4 is 5.32 Å². The Morgan fingerprint density at radius 2 is 2.36 bits per heavy atom. The zero-order valence-electron chi connectivity index (χ0n) is 9.12. The molecule has 3 nitrogen and oxygen atoms in total. The van der Waals surface area contributed by atoms with E-state index in [1.807, 2.05) is 0 Å². The molecule has 1 N–H and O–H groups in total. The first-order valence-corrected chi connectivity index (χ1v) is 5.22. The molecule has 1 aromatic rings. The van der Waals surface area contributed by atoms with Crippen molar-refractivity contribution in [2.75, 3.05) is 20.3 Å². The van der Waals surface area contributed by atoms with Crippen molar-refractivity contribution in [3.8, 4) is 0 Å². The molecule has 0 aliphatic rings. The van der Waals surface area contributed by atoms with E-state index in [2.05, 4.69) is 35.1 Å². The van der Waals surface area contributed by atoms with Gasteiger partial charge in [-0.2, -0.15) is 0 Å². The monoisotopic (exact) mass is 196 g/mol. The van der Waals surface area contributed by atoms with Gasteiger partial charge in [-0.15, -0.1) is 0 Å². The summed E-state index contributed by atoms with van der Waals surface area (Å²) in [6.45, 7) is 6.01. The van der Waals surface area contributed by atoms with E-state index < -0.39 is 0 Å². The molecule has 0 fully saturated rings. The fourth-order valence-corrected chi connectivity index (χ4v) is 1.48. The number of nitrogens with zero attached hydrogens (tertiary/aromatic N) is 1. The number of nitrogens with one attached hydrogen (secondary N) is 1. The SMILES string of the molecule is CCn1cccc1CNCCCOC. The summed E-state index contributed by atoms with van der Waals surface area (Å²) in [7, 11) is 1.74. The molecule has 0 bridgehead atoms. The van der Waals surface area contributed by atoms with Crippen molar-refractivity contribution in [1.29, 1.82) is 0 Å². The highest BCUT2D eigenvalue weighted by atomic mass is 16.5. The van der Waals surface area contributed by atoms with Gasteiger partial charge < -0.3 is 14.6 Å². The summed E-state index contributed by atoms with van der Waals surface area (Å²) in [4.78, 5) is 0. The predicted octanol–water partition coefficient (Wildman–Crippen LogP) is 1.63. The number of rotatable bonds is 7. The van der Waals surface area contributed by atoms with Crippen molar-refractivity contribution in [3.63, 3.8) is 0 Å². The third-order valence-corrected chi connectivity index (χ3v) is 2.27. The van der Waals surface area contributed by atoms with Crippen molar-refractivity contribution >= 4 is 0 Å². The molecule has 0 aliphatic carbocycles. The fraction of sp³-hybridized carbons (Fsp3) is 0.636. The summed E-state index contributed by atoms with van der Waals surface area (Å²) in [5.74, 6) is 0. The van der Waals surface area contributed by atoms with Gasteiger partial charge in [-0.25, -0.2) is 0 Å². The zero-order valence-corrected chi connectivity index (χ0v) is 9.12. The average molecular weight is 196 g/mol. The molecule has 0 radical (unpaired) electrons. The van der Waals surface area contributed by atoms with E-state index in [4.69, 9.17) is 4.74 Å². The molecule has 0 saturated heterocycles. The minimum absolute atomic E-state index is 0.835. The van der Waals surface area contributed by atoms with Gasteiger partial charge >= 0.3 is 0 Å². The summed E-state index contributed by atoms with van der Waals surface area (Å²) in [6, 6.07) is 4.25. The maximum atomic E-state index is 4.98. The lowest BCUT2D eigenvalue weighted by atomic mass is 10.4. The van der Waals surface area contributed by atoms with Crippen LogP contribution in [0.1, 0.15) is 19.0 Å². The highest BCUT2D eigenvalue weighted by Crippen LogP contribution is 2.01. The van der Waals surface area contributed by atoms with Crippen LogP contribution in [0.4, 0.5) is 0 Å². The van der Waals surface area contributed by atoms with E-state index >= 15 is 0 Å². The molecule has 80 valence electrons. The molecule has 0 aromatic carbocycles. The average Bonchev–Trinajstić information content (AvgIpc) is 2.65. The first-order valence-electron chi connectivity index (χ1n) is 5.22.